The fourth-order valence-electron chi connectivity index (χ4n) is 1.71. The molecule has 0 saturated heterocycles. The lowest BCUT2D eigenvalue weighted by Crippen LogP contribution is -2.01. The van der Waals surface area contributed by atoms with E-state index in [9.17, 15) is 4.79 Å². The van der Waals surface area contributed by atoms with Crippen molar-refractivity contribution < 1.29 is 9.90 Å². The van der Waals surface area contributed by atoms with Crippen LogP contribution in [0.2, 0.25) is 0 Å². The van der Waals surface area contributed by atoms with Gasteiger partial charge in [0.25, 0.3) is 0 Å². The molecule has 0 aliphatic heterocycles. The zero-order valence-electron chi connectivity index (χ0n) is 7.60. The molecule has 0 atom stereocenters. The van der Waals surface area contributed by atoms with E-state index in [-0.39, 0.29) is 0 Å². The fraction of sp³-hybridized carbons (Fsp3) is 0.700. The number of carboxylic acid groups (broad SMARTS) is 1. The standard InChI is InChI=1S/C10H16O2/c1-8-4-2-3-5-9(8)6-7-10(11)12/h2-7H2,1H3,(H,11,12). The molecular formula is C10H16O2. The van der Waals surface area contributed by atoms with E-state index in [0.29, 0.717) is 6.42 Å². The molecule has 0 saturated carbocycles. The smallest absolute Gasteiger partial charge is 0.303 e. The minimum atomic E-state index is -0.680. The molecule has 12 heavy (non-hydrogen) atoms. The van der Waals surface area contributed by atoms with Crippen LogP contribution < -0.4 is 0 Å². The van der Waals surface area contributed by atoms with Crippen LogP contribution in [0.4, 0.5) is 0 Å². The van der Waals surface area contributed by atoms with Gasteiger partial charge < -0.3 is 5.11 Å². The average Bonchev–Trinajstić information content (AvgIpc) is 2.03. The minimum absolute atomic E-state index is 0.298. The van der Waals surface area contributed by atoms with Gasteiger partial charge in [-0.1, -0.05) is 11.1 Å². The number of carboxylic acids is 1. The highest BCUT2D eigenvalue weighted by Crippen LogP contribution is 2.27. The van der Waals surface area contributed by atoms with Crippen LogP contribution in [0.3, 0.4) is 0 Å². The summed E-state index contributed by atoms with van der Waals surface area (Å²) in [4.78, 5) is 10.3. The Morgan fingerprint density at radius 2 is 2.08 bits per heavy atom. The number of hydrogen-bond acceptors (Lipinski definition) is 1. The van der Waals surface area contributed by atoms with Crippen LogP contribution >= 0.6 is 0 Å². The van der Waals surface area contributed by atoms with Gasteiger partial charge in [0.15, 0.2) is 0 Å². The highest BCUT2D eigenvalue weighted by Gasteiger charge is 2.09. The van der Waals surface area contributed by atoms with E-state index in [1.165, 1.54) is 30.4 Å². The van der Waals surface area contributed by atoms with Crippen molar-refractivity contribution >= 4 is 5.97 Å². The van der Waals surface area contributed by atoms with E-state index < -0.39 is 5.97 Å². The van der Waals surface area contributed by atoms with E-state index in [1.54, 1.807) is 0 Å². The molecule has 0 unspecified atom stereocenters. The first-order chi connectivity index (χ1) is 5.70. The molecular weight excluding hydrogens is 152 g/mol. The predicted molar refractivity (Wildman–Crippen MR) is 48.0 cm³/mol. The van der Waals surface area contributed by atoms with E-state index in [4.69, 9.17) is 5.11 Å². The third kappa shape index (κ3) is 2.68. The SMILES string of the molecule is CC1=C(CCC(=O)O)CCCC1. The predicted octanol–water partition coefficient (Wildman–Crippen LogP) is 2.74. The van der Waals surface area contributed by atoms with E-state index >= 15 is 0 Å². The third-order valence-corrected chi connectivity index (χ3v) is 2.52. The molecule has 0 radical (unpaired) electrons. The van der Waals surface area contributed by atoms with Crippen LogP contribution in [-0.2, 0) is 4.79 Å². The van der Waals surface area contributed by atoms with Crippen molar-refractivity contribution in [1.82, 2.24) is 0 Å². The molecule has 68 valence electrons. The number of carbonyl (C=O) groups is 1. The van der Waals surface area contributed by atoms with Crippen molar-refractivity contribution in [1.29, 1.82) is 0 Å². The van der Waals surface area contributed by atoms with Gasteiger partial charge in [0.1, 0.15) is 0 Å². The fourth-order valence-corrected chi connectivity index (χ4v) is 1.71. The number of hydrogen-bond donors (Lipinski definition) is 1. The Kier molecular flexibility index (Phi) is 3.32. The first kappa shape index (κ1) is 9.30. The van der Waals surface area contributed by atoms with Crippen molar-refractivity contribution in [2.45, 2.75) is 45.4 Å². The molecule has 0 aromatic heterocycles. The van der Waals surface area contributed by atoms with Gasteiger partial charge in [-0.15, -0.1) is 0 Å². The highest BCUT2D eigenvalue weighted by atomic mass is 16.4. The molecule has 0 fully saturated rings. The second kappa shape index (κ2) is 4.29. The molecule has 0 aromatic rings. The Labute approximate surface area is 73.3 Å². The van der Waals surface area contributed by atoms with Crippen molar-refractivity contribution in [3.8, 4) is 0 Å². The van der Waals surface area contributed by atoms with Crippen LogP contribution in [0.15, 0.2) is 11.1 Å². The Hall–Kier alpha value is -0.790. The largest absolute Gasteiger partial charge is 0.481 e. The average molecular weight is 168 g/mol. The molecule has 1 N–H and O–H groups in total. The molecule has 0 aromatic carbocycles. The van der Waals surface area contributed by atoms with Crippen molar-refractivity contribution in [3.63, 3.8) is 0 Å². The number of rotatable bonds is 3. The monoisotopic (exact) mass is 168 g/mol. The van der Waals surface area contributed by atoms with Crippen LogP contribution in [0.5, 0.6) is 0 Å². The van der Waals surface area contributed by atoms with Gasteiger partial charge in [0.2, 0.25) is 0 Å². The quantitative estimate of drug-likeness (QED) is 0.658. The van der Waals surface area contributed by atoms with E-state index in [1.807, 2.05) is 0 Å². The maximum atomic E-state index is 10.3. The maximum absolute atomic E-state index is 10.3. The lowest BCUT2D eigenvalue weighted by atomic mass is 9.90. The molecule has 0 heterocycles. The first-order valence-electron chi connectivity index (χ1n) is 4.59. The maximum Gasteiger partial charge on any atom is 0.303 e. The summed E-state index contributed by atoms with van der Waals surface area (Å²) in [5.74, 6) is -0.680. The summed E-state index contributed by atoms with van der Waals surface area (Å²) in [7, 11) is 0. The molecule has 0 amide bonds. The molecule has 1 aliphatic carbocycles. The molecule has 2 nitrogen and oxygen atoms in total. The summed E-state index contributed by atoms with van der Waals surface area (Å²) < 4.78 is 0. The second-order valence-corrected chi connectivity index (χ2v) is 3.48. The van der Waals surface area contributed by atoms with Crippen molar-refractivity contribution in [3.05, 3.63) is 11.1 Å². The molecule has 0 spiro atoms. The van der Waals surface area contributed by atoms with Gasteiger partial charge in [0, 0.05) is 6.42 Å². The summed E-state index contributed by atoms with van der Waals surface area (Å²) in [6.07, 6.45) is 5.89. The minimum Gasteiger partial charge on any atom is -0.481 e. The second-order valence-electron chi connectivity index (χ2n) is 3.48. The van der Waals surface area contributed by atoms with Crippen LogP contribution in [0.1, 0.15) is 45.4 Å². The van der Waals surface area contributed by atoms with Gasteiger partial charge in [0.05, 0.1) is 0 Å². The highest BCUT2D eigenvalue weighted by molar-refractivity contribution is 5.67. The molecule has 0 bridgehead atoms. The van der Waals surface area contributed by atoms with Gasteiger partial charge in [-0.3, -0.25) is 4.79 Å². The van der Waals surface area contributed by atoms with Crippen LogP contribution in [0.25, 0.3) is 0 Å². The van der Waals surface area contributed by atoms with Gasteiger partial charge in [-0.25, -0.2) is 0 Å². The summed E-state index contributed by atoms with van der Waals surface area (Å²) in [6.45, 7) is 2.14. The number of allylic oxidation sites excluding steroid dienone is 2. The van der Waals surface area contributed by atoms with Crippen molar-refractivity contribution in [2.75, 3.05) is 0 Å². The Bertz CT molecular complexity index is 204. The first-order valence-corrected chi connectivity index (χ1v) is 4.59. The zero-order chi connectivity index (χ0) is 8.97. The summed E-state index contributed by atoms with van der Waals surface area (Å²) in [5.41, 5.74) is 2.83. The van der Waals surface area contributed by atoms with E-state index in [2.05, 4.69) is 6.92 Å². The van der Waals surface area contributed by atoms with E-state index in [0.717, 1.165) is 12.8 Å². The molecule has 1 aliphatic rings. The molecule has 2 heteroatoms. The Morgan fingerprint density at radius 1 is 1.42 bits per heavy atom. The van der Waals surface area contributed by atoms with Gasteiger partial charge in [-0.05, 0) is 39.0 Å². The summed E-state index contributed by atoms with van der Waals surface area (Å²) >= 11 is 0. The summed E-state index contributed by atoms with van der Waals surface area (Å²) in [6, 6.07) is 0. The van der Waals surface area contributed by atoms with Crippen LogP contribution in [0, 0.1) is 0 Å². The lowest BCUT2D eigenvalue weighted by Gasteiger charge is -2.16. The lowest BCUT2D eigenvalue weighted by molar-refractivity contribution is -0.136. The summed E-state index contributed by atoms with van der Waals surface area (Å²) in [5, 5.41) is 8.51. The van der Waals surface area contributed by atoms with Crippen molar-refractivity contribution in [2.24, 2.45) is 0 Å². The van der Waals surface area contributed by atoms with Gasteiger partial charge in [-0.2, -0.15) is 0 Å². The zero-order valence-corrected chi connectivity index (χ0v) is 7.60. The number of aliphatic carboxylic acids is 1. The van der Waals surface area contributed by atoms with Gasteiger partial charge >= 0.3 is 5.97 Å². The Morgan fingerprint density at radius 3 is 2.67 bits per heavy atom. The van der Waals surface area contributed by atoms with Crippen LogP contribution in [-0.4, -0.2) is 11.1 Å². The normalized spacial score (nSPS) is 18.1. The Balaban J connectivity index is 2.43. The third-order valence-electron chi connectivity index (χ3n) is 2.52. The topological polar surface area (TPSA) is 37.3 Å². The molecule has 1 rings (SSSR count).